The average molecular weight is 431 g/mol. The van der Waals surface area contributed by atoms with Crippen molar-refractivity contribution in [2.75, 3.05) is 19.5 Å². The number of amides is 1. The summed E-state index contributed by atoms with van der Waals surface area (Å²) < 4.78 is 12.4. The van der Waals surface area contributed by atoms with Gasteiger partial charge in [0.15, 0.2) is 11.5 Å². The SMILES string of the molecule is COc1ccc(Cn2ncc(C)c2NC(=O)CC(N)c2ccccc2)cc1OC.Cl. The summed E-state index contributed by atoms with van der Waals surface area (Å²) in [6, 6.07) is 14.9. The maximum Gasteiger partial charge on any atom is 0.227 e. The largest absolute Gasteiger partial charge is 0.493 e. The lowest BCUT2D eigenvalue weighted by Gasteiger charge is -2.14. The second kappa shape index (κ2) is 10.7. The minimum atomic E-state index is -0.362. The Kier molecular flexibility index (Phi) is 8.26. The Morgan fingerprint density at radius 2 is 1.83 bits per heavy atom. The normalized spacial score (nSPS) is 11.3. The Morgan fingerprint density at radius 3 is 2.50 bits per heavy atom. The highest BCUT2D eigenvalue weighted by atomic mass is 35.5. The van der Waals surface area contributed by atoms with Gasteiger partial charge in [-0.05, 0) is 30.2 Å². The first kappa shape index (κ1) is 23.3. The lowest BCUT2D eigenvalue weighted by atomic mass is 10.0. The van der Waals surface area contributed by atoms with Crippen LogP contribution in [0.5, 0.6) is 11.5 Å². The van der Waals surface area contributed by atoms with Gasteiger partial charge in [-0.15, -0.1) is 12.4 Å². The number of benzene rings is 2. The van der Waals surface area contributed by atoms with E-state index in [1.165, 1.54) is 0 Å². The number of nitrogens with two attached hydrogens (primary N) is 1. The van der Waals surface area contributed by atoms with Gasteiger partial charge in [0.1, 0.15) is 5.82 Å². The van der Waals surface area contributed by atoms with Crippen LogP contribution in [0, 0.1) is 6.92 Å². The molecule has 0 saturated carbocycles. The minimum Gasteiger partial charge on any atom is -0.493 e. The van der Waals surface area contributed by atoms with Gasteiger partial charge in [-0.2, -0.15) is 5.10 Å². The van der Waals surface area contributed by atoms with Crippen LogP contribution in [-0.4, -0.2) is 29.9 Å². The highest BCUT2D eigenvalue weighted by Crippen LogP contribution is 2.28. The summed E-state index contributed by atoms with van der Waals surface area (Å²) in [5, 5.41) is 7.35. The van der Waals surface area contributed by atoms with Gasteiger partial charge >= 0.3 is 0 Å². The number of rotatable bonds is 8. The molecule has 30 heavy (non-hydrogen) atoms. The van der Waals surface area contributed by atoms with Gasteiger partial charge in [-0.3, -0.25) is 4.79 Å². The van der Waals surface area contributed by atoms with E-state index in [1.54, 1.807) is 25.1 Å². The van der Waals surface area contributed by atoms with Crippen molar-refractivity contribution in [3.63, 3.8) is 0 Å². The zero-order chi connectivity index (χ0) is 20.8. The van der Waals surface area contributed by atoms with Crippen LogP contribution in [0.25, 0.3) is 0 Å². The molecule has 0 aliphatic rings. The first-order valence-corrected chi connectivity index (χ1v) is 9.35. The van der Waals surface area contributed by atoms with Crippen molar-refractivity contribution in [2.24, 2.45) is 5.73 Å². The zero-order valence-corrected chi connectivity index (χ0v) is 18.1. The fourth-order valence-corrected chi connectivity index (χ4v) is 3.11. The number of aromatic nitrogens is 2. The van der Waals surface area contributed by atoms with E-state index in [4.69, 9.17) is 15.2 Å². The molecule has 0 bridgehead atoms. The second-order valence-electron chi connectivity index (χ2n) is 6.79. The van der Waals surface area contributed by atoms with Crippen LogP contribution in [-0.2, 0) is 11.3 Å². The fourth-order valence-electron chi connectivity index (χ4n) is 3.11. The van der Waals surface area contributed by atoms with Crippen molar-refractivity contribution in [3.05, 3.63) is 71.4 Å². The third-order valence-electron chi connectivity index (χ3n) is 4.69. The van der Waals surface area contributed by atoms with E-state index in [2.05, 4.69) is 10.4 Å². The van der Waals surface area contributed by atoms with Crippen LogP contribution in [0.1, 0.15) is 29.2 Å². The van der Waals surface area contributed by atoms with Crippen LogP contribution in [0.2, 0.25) is 0 Å². The van der Waals surface area contributed by atoms with E-state index in [0.29, 0.717) is 23.9 Å². The summed E-state index contributed by atoms with van der Waals surface area (Å²) in [5.41, 5.74) is 8.96. The van der Waals surface area contributed by atoms with Crippen molar-refractivity contribution in [2.45, 2.75) is 25.9 Å². The van der Waals surface area contributed by atoms with Crippen molar-refractivity contribution in [3.8, 4) is 11.5 Å². The minimum absolute atomic E-state index is 0. The van der Waals surface area contributed by atoms with Crippen molar-refractivity contribution >= 4 is 24.1 Å². The lowest BCUT2D eigenvalue weighted by molar-refractivity contribution is -0.116. The van der Waals surface area contributed by atoms with Gasteiger partial charge in [-0.1, -0.05) is 36.4 Å². The number of carbonyl (C=O) groups excluding carboxylic acids is 1. The molecule has 0 spiro atoms. The van der Waals surface area contributed by atoms with E-state index < -0.39 is 0 Å². The molecular weight excluding hydrogens is 404 g/mol. The average Bonchev–Trinajstić information content (AvgIpc) is 3.07. The molecule has 0 fully saturated rings. The number of aryl methyl sites for hydroxylation is 1. The molecule has 3 aromatic rings. The van der Waals surface area contributed by atoms with Gasteiger partial charge in [-0.25, -0.2) is 4.68 Å². The monoisotopic (exact) mass is 430 g/mol. The lowest BCUT2D eigenvalue weighted by Crippen LogP contribution is -2.22. The summed E-state index contributed by atoms with van der Waals surface area (Å²) in [6.45, 7) is 2.39. The van der Waals surface area contributed by atoms with Gasteiger partial charge < -0.3 is 20.5 Å². The Hall–Kier alpha value is -3.03. The standard InChI is InChI=1S/C22H26N4O3.ClH/c1-15-13-24-26(14-16-9-10-19(28-2)20(11-16)29-3)22(15)25-21(27)12-18(23)17-7-5-4-6-8-17;/h4-11,13,18H,12,14,23H2,1-3H3,(H,25,27);1H. The summed E-state index contributed by atoms with van der Waals surface area (Å²) in [7, 11) is 3.20. The Balaban J connectivity index is 0.00000320. The predicted molar refractivity (Wildman–Crippen MR) is 119 cm³/mol. The van der Waals surface area contributed by atoms with Crippen molar-refractivity contribution in [1.29, 1.82) is 0 Å². The number of nitrogens with one attached hydrogen (secondary N) is 1. The molecule has 7 nitrogen and oxygen atoms in total. The highest BCUT2D eigenvalue weighted by molar-refractivity contribution is 5.91. The van der Waals surface area contributed by atoms with Gasteiger partial charge in [0.2, 0.25) is 5.91 Å². The number of halogens is 1. The summed E-state index contributed by atoms with van der Waals surface area (Å²) in [5.74, 6) is 1.81. The summed E-state index contributed by atoms with van der Waals surface area (Å²) in [4.78, 5) is 12.6. The summed E-state index contributed by atoms with van der Waals surface area (Å²) in [6.07, 6.45) is 1.92. The maximum absolute atomic E-state index is 12.6. The highest BCUT2D eigenvalue weighted by Gasteiger charge is 2.16. The van der Waals surface area contributed by atoms with Crippen LogP contribution >= 0.6 is 12.4 Å². The molecule has 160 valence electrons. The molecule has 1 atom stereocenters. The van der Waals surface area contributed by atoms with Crippen LogP contribution in [0.15, 0.2) is 54.7 Å². The zero-order valence-electron chi connectivity index (χ0n) is 17.3. The number of anilines is 1. The third-order valence-corrected chi connectivity index (χ3v) is 4.69. The molecule has 0 radical (unpaired) electrons. The quantitative estimate of drug-likeness (QED) is 0.568. The van der Waals surface area contributed by atoms with Gasteiger partial charge in [0.25, 0.3) is 0 Å². The van der Waals surface area contributed by atoms with E-state index in [-0.39, 0.29) is 30.8 Å². The molecule has 8 heteroatoms. The number of nitrogens with zero attached hydrogens (tertiary/aromatic N) is 2. The maximum atomic E-state index is 12.6. The fraction of sp³-hybridized carbons (Fsp3) is 0.273. The summed E-state index contributed by atoms with van der Waals surface area (Å²) >= 11 is 0. The number of carbonyl (C=O) groups is 1. The number of hydrogen-bond donors (Lipinski definition) is 2. The van der Waals surface area contributed by atoms with Crippen LogP contribution < -0.4 is 20.5 Å². The molecule has 1 unspecified atom stereocenters. The topological polar surface area (TPSA) is 91.4 Å². The first-order chi connectivity index (χ1) is 14.0. The van der Waals surface area contributed by atoms with Crippen molar-refractivity contribution in [1.82, 2.24) is 9.78 Å². The van der Waals surface area contributed by atoms with Gasteiger partial charge in [0.05, 0.1) is 27.0 Å². The molecule has 0 saturated heterocycles. The first-order valence-electron chi connectivity index (χ1n) is 9.35. The van der Waals surface area contributed by atoms with Gasteiger partial charge in [0, 0.05) is 18.0 Å². The van der Waals surface area contributed by atoms with E-state index in [1.807, 2.05) is 55.5 Å². The molecule has 1 aromatic heterocycles. The second-order valence-corrected chi connectivity index (χ2v) is 6.79. The molecule has 2 aromatic carbocycles. The number of hydrogen-bond acceptors (Lipinski definition) is 5. The molecule has 3 N–H and O–H groups in total. The molecule has 1 amide bonds. The molecule has 0 aliphatic carbocycles. The predicted octanol–water partition coefficient (Wildman–Crippen LogP) is 3.71. The number of methoxy groups -OCH3 is 2. The molecule has 3 rings (SSSR count). The Bertz CT molecular complexity index is 976. The van der Waals surface area contributed by atoms with E-state index in [9.17, 15) is 4.79 Å². The smallest absolute Gasteiger partial charge is 0.227 e. The third kappa shape index (κ3) is 5.52. The van der Waals surface area contributed by atoms with Crippen LogP contribution in [0.3, 0.4) is 0 Å². The van der Waals surface area contributed by atoms with Crippen molar-refractivity contribution < 1.29 is 14.3 Å². The Labute approximate surface area is 182 Å². The number of ether oxygens (including phenoxy) is 2. The molecule has 1 heterocycles. The van der Waals surface area contributed by atoms with Crippen LogP contribution in [0.4, 0.5) is 5.82 Å². The van der Waals surface area contributed by atoms with E-state index >= 15 is 0 Å². The van der Waals surface area contributed by atoms with E-state index in [0.717, 1.165) is 16.7 Å². The molecular formula is C22H27ClN4O3. The Morgan fingerprint density at radius 1 is 1.13 bits per heavy atom. The molecule has 0 aliphatic heterocycles.